The summed E-state index contributed by atoms with van der Waals surface area (Å²) < 4.78 is 5.30. The van der Waals surface area contributed by atoms with E-state index in [0.29, 0.717) is 33.9 Å². The minimum absolute atomic E-state index is 0.283. The summed E-state index contributed by atoms with van der Waals surface area (Å²) in [7, 11) is 0. The predicted octanol–water partition coefficient (Wildman–Crippen LogP) is 3.85. The number of rotatable bonds is 3. The van der Waals surface area contributed by atoms with E-state index in [2.05, 4.69) is 20.4 Å². The van der Waals surface area contributed by atoms with Gasteiger partial charge in [-0.3, -0.25) is 4.79 Å². The van der Waals surface area contributed by atoms with E-state index in [-0.39, 0.29) is 5.91 Å². The molecule has 0 bridgehead atoms. The molecule has 0 radical (unpaired) electrons. The number of anilines is 1. The van der Waals surface area contributed by atoms with Crippen molar-refractivity contribution >= 4 is 22.8 Å². The van der Waals surface area contributed by atoms with Crippen LogP contribution in [0, 0.1) is 6.92 Å². The summed E-state index contributed by atoms with van der Waals surface area (Å²) in [6, 6.07) is 16.7. The summed E-state index contributed by atoms with van der Waals surface area (Å²) in [5.74, 6) is 0.197. The van der Waals surface area contributed by atoms with Crippen molar-refractivity contribution in [3.05, 3.63) is 72.1 Å². The number of carbonyl (C=O) groups excluding carboxylic acids is 1. The first-order valence-electron chi connectivity index (χ1n) is 7.77. The second kappa shape index (κ2) is 6.16. The molecule has 6 nitrogen and oxygen atoms in total. The number of aromatic nitrogens is 3. The van der Waals surface area contributed by atoms with Crippen molar-refractivity contribution < 1.29 is 9.32 Å². The molecule has 0 fully saturated rings. The number of pyridine rings is 2. The molecule has 0 atom stereocenters. The fourth-order valence-electron chi connectivity index (χ4n) is 2.65. The van der Waals surface area contributed by atoms with Crippen LogP contribution in [0.1, 0.15) is 16.1 Å². The molecule has 122 valence electrons. The summed E-state index contributed by atoms with van der Waals surface area (Å²) in [5.41, 5.74) is 2.95. The molecule has 25 heavy (non-hydrogen) atoms. The largest absolute Gasteiger partial charge is 0.335 e. The zero-order valence-corrected chi connectivity index (χ0v) is 13.4. The molecule has 4 rings (SSSR count). The zero-order valence-electron chi connectivity index (χ0n) is 13.4. The highest BCUT2D eigenvalue weighted by atomic mass is 16.5. The minimum atomic E-state index is -0.283. The van der Waals surface area contributed by atoms with E-state index in [9.17, 15) is 4.79 Å². The van der Waals surface area contributed by atoms with Crippen molar-refractivity contribution in [2.75, 3.05) is 5.32 Å². The Labute approximate surface area is 143 Å². The topological polar surface area (TPSA) is 80.9 Å². The third-order valence-corrected chi connectivity index (χ3v) is 3.84. The number of hydrogen-bond donors (Lipinski definition) is 1. The number of carbonyl (C=O) groups is 1. The highest BCUT2D eigenvalue weighted by Gasteiger charge is 2.19. The smallest absolute Gasteiger partial charge is 0.259 e. The van der Waals surface area contributed by atoms with E-state index < -0.39 is 0 Å². The van der Waals surface area contributed by atoms with Crippen LogP contribution in [0.5, 0.6) is 0 Å². The molecule has 1 N–H and O–H groups in total. The Kier molecular flexibility index (Phi) is 3.70. The van der Waals surface area contributed by atoms with Gasteiger partial charge in [0.2, 0.25) is 0 Å². The molecule has 3 aromatic heterocycles. The number of benzene rings is 1. The van der Waals surface area contributed by atoms with E-state index in [4.69, 9.17) is 4.52 Å². The van der Waals surface area contributed by atoms with Crippen LogP contribution in [-0.4, -0.2) is 21.0 Å². The standard InChI is InChI=1S/C19H14N4O2/c1-12-17-14(18(24)22-16-9-5-6-10-20-16)11-15(21-19(17)25-23-12)13-7-3-2-4-8-13/h2-11H,1H3,(H,20,22,24). The van der Waals surface area contributed by atoms with E-state index in [1.807, 2.05) is 36.4 Å². The van der Waals surface area contributed by atoms with Gasteiger partial charge in [-0.2, -0.15) is 0 Å². The lowest BCUT2D eigenvalue weighted by Crippen LogP contribution is -2.14. The fraction of sp³-hybridized carbons (Fsp3) is 0.0526. The SMILES string of the molecule is Cc1noc2nc(-c3ccccc3)cc(C(=O)Nc3ccccn3)c12. The molecule has 0 aliphatic carbocycles. The van der Waals surface area contributed by atoms with Crippen LogP contribution in [0.4, 0.5) is 5.82 Å². The third-order valence-electron chi connectivity index (χ3n) is 3.84. The molecule has 0 unspecified atom stereocenters. The Morgan fingerprint density at radius 3 is 2.64 bits per heavy atom. The van der Waals surface area contributed by atoms with Crippen LogP contribution < -0.4 is 5.32 Å². The zero-order chi connectivity index (χ0) is 17.2. The van der Waals surface area contributed by atoms with Crippen molar-refractivity contribution in [1.29, 1.82) is 0 Å². The van der Waals surface area contributed by atoms with E-state index in [1.165, 1.54) is 0 Å². The van der Waals surface area contributed by atoms with Crippen LogP contribution in [0.3, 0.4) is 0 Å². The number of fused-ring (bicyclic) bond motifs is 1. The molecule has 0 spiro atoms. The van der Waals surface area contributed by atoms with E-state index in [0.717, 1.165) is 5.56 Å². The van der Waals surface area contributed by atoms with Crippen molar-refractivity contribution in [2.45, 2.75) is 6.92 Å². The molecule has 3 heterocycles. The molecular weight excluding hydrogens is 316 g/mol. The van der Waals surface area contributed by atoms with Crippen LogP contribution >= 0.6 is 0 Å². The maximum absolute atomic E-state index is 12.8. The van der Waals surface area contributed by atoms with Gasteiger partial charge in [-0.15, -0.1) is 0 Å². The monoisotopic (exact) mass is 330 g/mol. The first-order chi connectivity index (χ1) is 12.2. The van der Waals surface area contributed by atoms with Crippen molar-refractivity contribution in [1.82, 2.24) is 15.1 Å². The van der Waals surface area contributed by atoms with Gasteiger partial charge in [-0.1, -0.05) is 41.6 Å². The van der Waals surface area contributed by atoms with Crippen LogP contribution in [0.2, 0.25) is 0 Å². The molecule has 1 aromatic carbocycles. The van der Waals surface area contributed by atoms with Crippen LogP contribution in [-0.2, 0) is 0 Å². The quantitative estimate of drug-likeness (QED) is 0.617. The van der Waals surface area contributed by atoms with E-state index >= 15 is 0 Å². The summed E-state index contributed by atoms with van der Waals surface area (Å²) in [4.78, 5) is 21.4. The summed E-state index contributed by atoms with van der Waals surface area (Å²) in [6.45, 7) is 1.78. The van der Waals surface area contributed by atoms with E-state index in [1.54, 1.807) is 31.3 Å². The van der Waals surface area contributed by atoms with Crippen molar-refractivity contribution in [3.63, 3.8) is 0 Å². The Morgan fingerprint density at radius 1 is 1.08 bits per heavy atom. The summed E-state index contributed by atoms with van der Waals surface area (Å²) in [6.07, 6.45) is 1.62. The lowest BCUT2D eigenvalue weighted by molar-refractivity contribution is 0.102. The Hall–Kier alpha value is -3.54. The Bertz CT molecular complexity index is 1040. The molecule has 4 aromatic rings. The number of nitrogens with one attached hydrogen (secondary N) is 1. The highest BCUT2D eigenvalue weighted by molar-refractivity contribution is 6.12. The Balaban J connectivity index is 1.83. The predicted molar refractivity (Wildman–Crippen MR) is 94.2 cm³/mol. The molecule has 0 saturated carbocycles. The van der Waals surface area contributed by atoms with Gasteiger partial charge in [-0.05, 0) is 25.1 Å². The molecule has 1 amide bonds. The maximum Gasteiger partial charge on any atom is 0.259 e. The first-order valence-corrected chi connectivity index (χ1v) is 7.77. The lowest BCUT2D eigenvalue weighted by Gasteiger charge is -2.07. The van der Waals surface area contributed by atoms with Crippen LogP contribution in [0.15, 0.2) is 65.3 Å². The van der Waals surface area contributed by atoms with Gasteiger partial charge in [0, 0.05) is 11.8 Å². The average molecular weight is 330 g/mol. The van der Waals surface area contributed by atoms with Gasteiger partial charge in [0.05, 0.1) is 22.3 Å². The van der Waals surface area contributed by atoms with Gasteiger partial charge in [0.1, 0.15) is 5.82 Å². The minimum Gasteiger partial charge on any atom is -0.335 e. The lowest BCUT2D eigenvalue weighted by atomic mass is 10.1. The second-order valence-electron chi connectivity index (χ2n) is 5.54. The maximum atomic E-state index is 12.8. The van der Waals surface area contributed by atoms with Crippen molar-refractivity contribution in [3.8, 4) is 11.3 Å². The van der Waals surface area contributed by atoms with Crippen molar-refractivity contribution in [2.24, 2.45) is 0 Å². The number of amides is 1. The van der Waals surface area contributed by atoms with Crippen LogP contribution in [0.25, 0.3) is 22.4 Å². The van der Waals surface area contributed by atoms with Gasteiger partial charge in [-0.25, -0.2) is 9.97 Å². The molecular formula is C19H14N4O2. The summed E-state index contributed by atoms with van der Waals surface area (Å²) >= 11 is 0. The third kappa shape index (κ3) is 2.85. The number of hydrogen-bond acceptors (Lipinski definition) is 5. The highest BCUT2D eigenvalue weighted by Crippen LogP contribution is 2.27. The average Bonchev–Trinajstić information content (AvgIpc) is 3.03. The first kappa shape index (κ1) is 15.0. The van der Waals surface area contributed by atoms with Gasteiger partial charge < -0.3 is 9.84 Å². The fourth-order valence-corrected chi connectivity index (χ4v) is 2.65. The number of aryl methyl sites for hydroxylation is 1. The number of nitrogens with zero attached hydrogens (tertiary/aromatic N) is 3. The summed E-state index contributed by atoms with van der Waals surface area (Å²) in [5, 5.41) is 7.35. The molecule has 0 aliphatic rings. The van der Waals surface area contributed by atoms with Gasteiger partial charge in [0.25, 0.3) is 11.6 Å². The van der Waals surface area contributed by atoms with Gasteiger partial charge in [0.15, 0.2) is 0 Å². The normalized spacial score (nSPS) is 10.8. The second-order valence-corrected chi connectivity index (χ2v) is 5.54. The molecule has 0 saturated heterocycles. The Morgan fingerprint density at radius 2 is 1.88 bits per heavy atom. The molecule has 6 heteroatoms. The molecule has 0 aliphatic heterocycles. The van der Waals surface area contributed by atoms with Gasteiger partial charge >= 0.3 is 0 Å².